The van der Waals surface area contributed by atoms with Crippen LogP contribution in [-0.2, 0) is 19.6 Å². The maximum absolute atomic E-state index is 12.6. The molecular formula is C16H16F3NO6S2. The number of thiazole rings is 1. The molecule has 0 N–H and O–H groups in total. The molecule has 0 aliphatic heterocycles. The van der Waals surface area contributed by atoms with Crippen molar-refractivity contribution in [3.63, 3.8) is 0 Å². The molecule has 2 rings (SSSR count). The number of benzene rings is 1. The molecule has 0 aliphatic rings. The summed E-state index contributed by atoms with van der Waals surface area (Å²) >= 11 is 1.21. The molecule has 1 atom stereocenters. The second-order valence-electron chi connectivity index (χ2n) is 5.32. The van der Waals surface area contributed by atoms with Crippen molar-refractivity contribution in [3.8, 4) is 11.5 Å². The van der Waals surface area contributed by atoms with Gasteiger partial charge in [0.1, 0.15) is 16.5 Å². The van der Waals surface area contributed by atoms with Gasteiger partial charge in [0.15, 0.2) is 0 Å². The van der Waals surface area contributed by atoms with Crippen LogP contribution >= 0.6 is 11.3 Å². The molecule has 1 aromatic heterocycles. The minimum atomic E-state index is -5.84. The standard InChI is InChI=1S/C16H16F3NO6S2/c1-3-25-14(21)9-12(15-20-6-7-27-15)11-8-10(4-5-13(11)24-2)26-28(22,23)16(17,18)19/h4-8,12H,3,9H2,1-2H3. The normalized spacial score (nSPS) is 13.0. The van der Waals surface area contributed by atoms with Crippen molar-refractivity contribution in [1.29, 1.82) is 0 Å². The van der Waals surface area contributed by atoms with E-state index in [0.717, 1.165) is 12.1 Å². The van der Waals surface area contributed by atoms with Crippen LogP contribution in [0, 0.1) is 0 Å². The number of carbonyl (C=O) groups is 1. The molecule has 1 heterocycles. The minimum absolute atomic E-state index is 0.146. The van der Waals surface area contributed by atoms with Gasteiger partial charge in [-0.25, -0.2) is 4.98 Å². The number of hydrogen-bond acceptors (Lipinski definition) is 8. The molecular weight excluding hydrogens is 423 g/mol. The predicted octanol–water partition coefficient (Wildman–Crippen LogP) is 3.47. The topological polar surface area (TPSA) is 91.8 Å². The zero-order valence-electron chi connectivity index (χ0n) is 14.7. The van der Waals surface area contributed by atoms with Crippen molar-refractivity contribution >= 4 is 27.4 Å². The van der Waals surface area contributed by atoms with Gasteiger partial charge in [-0.05, 0) is 25.1 Å². The number of hydrogen-bond donors (Lipinski definition) is 0. The van der Waals surface area contributed by atoms with Crippen molar-refractivity contribution in [2.24, 2.45) is 0 Å². The Labute approximate surface area is 163 Å². The molecule has 7 nitrogen and oxygen atoms in total. The molecule has 0 saturated heterocycles. The summed E-state index contributed by atoms with van der Waals surface area (Å²) in [5.41, 5.74) is -5.34. The Bertz CT molecular complexity index is 913. The predicted molar refractivity (Wildman–Crippen MR) is 93.8 cm³/mol. The van der Waals surface area contributed by atoms with Crippen molar-refractivity contribution in [3.05, 3.63) is 40.3 Å². The number of alkyl halides is 3. The van der Waals surface area contributed by atoms with Crippen LogP contribution in [0.25, 0.3) is 0 Å². The molecule has 0 amide bonds. The number of rotatable bonds is 8. The van der Waals surface area contributed by atoms with Crippen molar-refractivity contribution in [1.82, 2.24) is 4.98 Å². The lowest BCUT2D eigenvalue weighted by molar-refractivity contribution is -0.143. The maximum Gasteiger partial charge on any atom is 0.534 e. The lowest BCUT2D eigenvalue weighted by atomic mass is 9.95. The highest BCUT2D eigenvalue weighted by atomic mass is 32.2. The van der Waals surface area contributed by atoms with Crippen LogP contribution < -0.4 is 8.92 Å². The summed E-state index contributed by atoms with van der Waals surface area (Å²) in [5.74, 6) is -1.63. The first kappa shape index (κ1) is 22.0. The number of aromatic nitrogens is 1. The SMILES string of the molecule is CCOC(=O)CC(c1nccs1)c1cc(OS(=O)(=O)C(F)(F)F)ccc1OC. The fourth-order valence-electron chi connectivity index (χ4n) is 2.33. The summed E-state index contributed by atoms with van der Waals surface area (Å²) in [7, 11) is -4.52. The van der Waals surface area contributed by atoms with Gasteiger partial charge in [0.05, 0.1) is 26.1 Å². The number of esters is 1. The van der Waals surface area contributed by atoms with Gasteiger partial charge in [-0.15, -0.1) is 11.3 Å². The molecule has 0 radical (unpaired) electrons. The van der Waals surface area contributed by atoms with E-state index in [9.17, 15) is 26.4 Å². The molecule has 0 spiro atoms. The van der Waals surface area contributed by atoms with Gasteiger partial charge in [0.25, 0.3) is 0 Å². The zero-order chi connectivity index (χ0) is 20.9. The molecule has 28 heavy (non-hydrogen) atoms. The van der Waals surface area contributed by atoms with Crippen LogP contribution in [0.5, 0.6) is 11.5 Å². The quantitative estimate of drug-likeness (QED) is 0.353. The average Bonchev–Trinajstić information content (AvgIpc) is 3.13. The summed E-state index contributed by atoms with van der Waals surface area (Å²) in [6, 6.07) is 3.35. The molecule has 1 aromatic carbocycles. The first-order valence-electron chi connectivity index (χ1n) is 7.82. The second kappa shape index (κ2) is 8.78. The highest BCUT2D eigenvalue weighted by Gasteiger charge is 2.48. The minimum Gasteiger partial charge on any atom is -0.496 e. The van der Waals surface area contributed by atoms with E-state index >= 15 is 0 Å². The number of halogens is 3. The number of carbonyl (C=O) groups excluding carboxylic acids is 1. The van der Waals surface area contributed by atoms with Gasteiger partial charge in [0, 0.05) is 17.1 Å². The number of methoxy groups -OCH3 is 1. The van der Waals surface area contributed by atoms with Gasteiger partial charge < -0.3 is 13.7 Å². The highest BCUT2D eigenvalue weighted by Crippen LogP contribution is 2.38. The van der Waals surface area contributed by atoms with Crippen LogP contribution in [0.15, 0.2) is 29.8 Å². The van der Waals surface area contributed by atoms with Crippen LogP contribution in [0.3, 0.4) is 0 Å². The van der Waals surface area contributed by atoms with E-state index in [1.54, 1.807) is 12.3 Å². The first-order valence-corrected chi connectivity index (χ1v) is 10.1. The van der Waals surface area contributed by atoms with E-state index in [1.165, 1.54) is 30.7 Å². The van der Waals surface area contributed by atoms with Gasteiger partial charge in [-0.1, -0.05) is 0 Å². The zero-order valence-corrected chi connectivity index (χ0v) is 16.4. The summed E-state index contributed by atoms with van der Waals surface area (Å²) in [6.07, 6.45) is 1.33. The first-order chi connectivity index (χ1) is 13.1. The van der Waals surface area contributed by atoms with Crippen molar-refractivity contribution in [2.45, 2.75) is 24.8 Å². The highest BCUT2D eigenvalue weighted by molar-refractivity contribution is 7.88. The number of ether oxygens (including phenoxy) is 2. The van der Waals surface area contributed by atoms with E-state index < -0.39 is 33.3 Å². The van der Waals surface area contributed by atoms with Crippen molar-refractivity contribution < 1.29 is 40.0 Å². The van der Waals surface area contributed by atoms with Gasteiger partial charge >= 0.3 is 21.6 Å². The van der Waals surface area contributed by atoms with Crippen LogP contribution in [0.1, 0.15) is 29.8 Å². The van der Waals surface area contributed by atoms with Gasteiger partial charge in [0.2, 0.25) is 0 Å². The van der Waals surface area contributed by atoms with Crippen LogP contribution in [0.4, 0.5) is 13.2 Å². The molecule has 1 unspecified atom stereocenters. The molecule has 154 valence electrons. The van der Waals surface area contributed by atoms with Gasteiger partial charge in [-0.3, -0.25) is 4.79 Å². The third kappa shape index (κ3) is 5.13. The summed E-state index contributed by atoms with van der Waals surface area (Å²) in [6.45, 7) is 1.78. The lowest BCUT2D eigenvalue weighted by Gasteiger charge is -2.19. The van der Waals surface area contributed by atoms with E-state index in [1.807, 2.05) is 0 Å². The van der Waals surface area contributed by atoms with E-state index in [2.05, 4.69) is 9.17 Å². The molecule has 0 aliphatic carbocycles. The molecule has 0 fully saturated rings. The Hall–Kier alpha value is -2.34. The van der Waals surface area contributed by atoms with Crippen LogP contribution in [-0.4, -0.2) is 38.6 Å². The molecule has 2 aromatic rings. The van der Waals surface area contributed by atoms with Gasteiger partial charge in [-0.2, -0.15) is 21.6 Å². The monoisotopic (exact) mass is 439 g/mol. The number of nitrogens with zero attached hydrogens (tertiary/aromatic N) is 1. The van der Waals surface area contributed by atoms with Crippen LogP contribution in [0.2, 0.25) is 0 Å². The average molecular weight is 439 g/mol. The third-order valence-electron chi connectivity index (χ3n) is 3.49. The Morgan fingerprint density at radius 3 is 2.57 bits per heavy atom. The summed E-state index contributed by atoms with van der Waals surface area (Å²) in [5, 5.41) is 2.14. The Kier molecular flexibility index (Phi) is 6.88. The Morgan fingerprint density at radius 2 is 2.04 bits per heavy atom. The van der Waals surface area contributed by atoms with Crippen molar-refractivity contribution in [2.75, 3.05) is 13.7 Å². The lowest BCUT2D eigenvalue weighted by Crippen LogP contribution is -2.28. The fourth-order valence-corrected chi connectivity index (χ4v) is 3.54. The second-order valence-corrected chi connectivity index (χ2v) is 7.78. The smallest absolute Gasteiger partial charge is 0.496 e. The van der Waals surface area contributed by atoms with E-state index in [0.29, 0.717) is 5.01 Å². The maximum atomic E-state index is 12.6. The largest absolute Gasteiger partial charge is 0.534 e. The van der Waals surface area contributed by atoms with E-state index in [4.69, 9.17) is 9.47 Å². The Morgan fingerprint density at radius 1 is 1.32 bits per heavy atom. The molecule has 0 saturated carbocycles. The Balaban J connectivity index is 2.48. The van der Waals surface area contributed by atoms with E-state index in [-0.39, 0.29) is 24.3 Å². The molecule has 0 bridgehead atoms. The third-order valence-corrected chi connectivity index (χ3v) is 5.36. The fraction of sp³-hybridized carbons (Fsp3) is 0.375. The summed E-state index contributed by atoms with van der Waals surface area (Å²) in [4.78, 5) is 16.1. The molecule has 12 heteroatoms. The summed E-state index contributed by atoms with van der Waals surface area (Å²) < 4.78 is 74.7.